The normalized spacial score (nSPS) is 10.3. The fraction of sp³-hybridized carbons (Fsp3) is 0.286. The lowest BCUT2D eigenvalue weighted by Crippen LogP contribution is -2.27. The summed E-state index contributed by atoms with van der Waals surface area (Å²) in [6, 6.07) is 10.2. The fourth-order valence-corrected chi connectivity index (χ4v) is 2.46. The van der Waals surface area contributed by atoms with Crippen molar-refractivity contribution in [1.29, 1.82) is 0 Å². The van der Waals surface area contributed by atoms with E-state index in [1.54, 1.807) is 24.3 Å². The summed E-state index contributed by atoms with van der Waals surface area (Å²) in [4.78, 5) is 18.5. The summed E-state index contributed by atoms with van der Waals surface area (Å²) in [6.07, 6.45) is 4.21. The minimum atomic E-state index is 0.0837. The van der Waals surface area contributed by atoms with Crippen molar-refractivity contribution in [2.75, 3.05) is 12.3 Å². The van der Waals surface area contributed by atoms with Crippen molar-refractivity contribution in [3.63, 3.8) is 0 Å². The lowest BCUT2D eigenvalue weighted by molar-refractivity contribution is -0.118. The first kappa shape index (κ1) is 13.7. The Morgan fingerprint density at radius 3 is 2.89 bits per heavy atom. The minimum Gasteiger partial charge on any atom is -0.355 e. The minimum absolute atomic E-state index is 0.0837. The highest BCUT2D eigenvalue weighted by atomic mass is 32.2. The molecule has 0 bridgehead atoms. The zero-order valence-electron chi connectivity index (χ0n) is 10.6. The highest BCUT2D eigenvalue weighted by Gasteiger charge is 2.02. The smallest absolute Gasteiger partial charge is 0.230 e. The molecule has 2 aromatic rings. The topological polar surface area (TPSA) is 57.8 Å². The molecule has 0 saturated heterocycles. The molecule has 19 heavy (non-hydrogen) atoms. The van der Waals surface area contributed by atoms with Crippen molar-refractivity contribution in [2.24, 2.45) is 0 Å². The molecule has 1 aromatic carbocycles. The number of hydrogen-bond donors (Lipinski definition) is 2. The van der Waals surface area contributed by atoms with Crippen molar-refractivity contribution < 1.29 is 4.79 Å². The number of amides is 1. The quantitative estimate of drug-likeness (QED) is 0.812. The predicted octanol–water partition coefficient (Wildman–Crippen LogP) is 2.00. The van der Waals surface area contributed by atoms with Crippen LogP contribution in [0.1, 0.15) is 11.3 Å². The van der Waals surface area contributed by atoms with Gasteiger partial charge in [-0.25, -0.2) is 4.98 Å². The first-order valence-electron chi connectivity index (χ1n) is 6.20. The molecule has 100 valence electrons. The highest BCUT2D eigenvalue weighted by molar-refractivity contribution is 7.99. The van der Waals surface area contributed by atoms with Crippen molar-refractivity contribution >= 4 is 17.7 Å². The lowest BCUT2D eigenvalue weighted by atomic mass is 10.2. The molecule has 0 aliphatic rings. The molecular weight excluding hydrogens is 258 g/mol. The zero-order chi connectivity index (χ0) is 13.3. The highest BCUT2D eigenvalue weighted by Crippen LogP contribution is 2.10. The average Bonchev–Trinajstić information content (AvgIpc) is 2.93. The molecule has 1 heterocycles. The first-order valence-corrected chi connectivity index (χ1v) is 7.35. The van der Waals surface area contributed by atoms with E-state index in [1.165, 1.54) is 5.56 Å². The number of carbonyl (C=O) groups is 1. The molecule has 0 fully saturated rings. The molecule has 2 N–H and O–H groups in total. The molecule has 0 spiro atoms. The van der Waals surface area contributed by atoms with E-state index in [2.05, 4.69) is 27.4 Å². The Balaban J connectivity index is 1.57. The number of aromatic amines is 1. The number of nitrogens with one attached hydrogen (secondary N) is 2. The molecule has 1 amide bonds. The van der Waals surface area contributed by atoms with E-state index < -0.39 is 0 Å². The van der Waals surface area contributed by atoms with E-state index in [0.717, 1.165) is 17.9 Å². The Labute approximate surface area is 117 Å². The van der Waals surface area contributed by atoms with Crippen LogP contribution in [-0.4, -0.2) is 28.2 Å². The van der Waals surface area contributed by atoms with E-state index >= 15 is 0 Å². The third kappa shape index (κ3) is 5.18. The van der Waals surface area contributed by atoms with Crippen LogP contribution in [0.15, 0.2) is 42.9 Å². The van der Waals surface area contributed by atoms with Gasteiger partial charge in [-0.2, -0.15) is 0 Å². The van der Waals surface area contributed by atoms with Gasteiger partial charge in [0.2, 0.25) is 5.91 Å². The van der Waals surface area contributed by atoms with Gasteiger partial charge in [-0.15, -0.1) is 11.8 Å². The number of thioether (sulfide) groups is 1. The monoisotopic (exact) mass is 275 g/mol. The van der Waals surface area contributed by atoms with Gasteiger partial charge < -0.3 is 10.3 Å². The van der Waals surface area contributed by atoms with Crippen LogP contribution in [0.2, 0.25) is 0 Å². The maximum absolute atomic E-state index is 11.6. The predicted molar refractivity (Wildman–Crippen MR) is 77.9 cm³/mol. The second-order valence-corrected chi connectivity index (χ2v) is 5.14. The molecule has 0 saturated carbocycles. The lowest BCUT2D eigenvalue weighted by Gasteiger charge is -2.04. The van der Waals surface area contributed by atoms with Crippen LogP contribution in [-0.2, 0) is 17.0 Å². The number of carbonyl (C=O) groups excluding carboxylic acids is 1. The van der Waals surface area contributed by atoms with E-state index in [4.69, 9.17) is 0 Å². The van der Waals surface area contributed by atoms with Crippen molar-refractivity contribution in [3.05, 3.63) is 54.1 Å². The second kappa shape index (κ2) is 7.63. The van der Waals surface area contributed by atoms with Gasteiger partial charge in [0.05, 0.1) is 12.1 Å². The molecule has 0 unspecified atom stereocenters. The van der Waals surface area contributed by atoms with Gasteiger partial charge in [-0.05, 0) is 5.56 Å². The van der Waals surface area contributed by atoms with Crippen LogP contribution in [0, 0.1) is 0 Å². The number of imidazole rings is 1. The Bertz CT molecular complexity index is 485. The summed E-state index contributed by atoms with van der Waals surface area (Å²) in [6.45, 7) is 0.646. The number of benzene rings is 1. The van der Waals surface area contributed by atoms with Crippen LogP contribution in [0.5, 0.6) is 0 Å². The van der Waals surface area contributed by atoms with Gasteiger partial charge in [-0.3, -0.25) is 4.79 Å². The molecule has 5 heteroatoms. The summed E-state index contributed by atoms with van der Waals surface area (Å²) < 4.78 is 0. The van der Waals surface area contributed by atoms with Crippen LogP contribution < -0.4 is 5.32 Å². The fourth-order valence-electron chi connectivity index (χ4n) is 1.64. The van der Waals surface area contributed by atoms with Crippen LogP contribution in [0.3, 0.4) is 0 Å². The molecule has 0 radical (unpaired) electrons. The molecule has 4 nitrogen and oxygen atoms in total. The summed E-state index contributed by atoms with van der Waals surface area (Å²) in [7, 11) is 0. The number of aromatic nitrogens is 2. The molecule has 0 aliphatic carbocycles. The maximum Gasteiger partial charge on any atom is 0.230 e. The van der Waals surface area contributed by atoms with Gasteiger partial charge >= 0.3 is 0 Å². The molecule has 0 aliphatic heterocycles. The number of hydrogen-bond acceptors (Lipinski definition) is 3. The summed E-state index contributed by atoms with van der Waals surface area (Å²) in [5.74, 6) is 1.45. The van der Waals surface area contributed by atoms with Crippen molar-refractivity contribution in [1.82, 2.24) is 15.3 Å². The van der Waals surface area contributed by atoms with Crippen LogP contribution in [0.4, 0.5) is 0 Å². The molecular formula is C14H17N3OS. The van der Waals surface area contributed by atoms with E-state index in [1.807, 2.05) is 18.2 Å². The number of H-pyrrole nitrogens is 1. The Morgan fingerprint density at radius 2 is 2.16 bits per heavy atom. The summed E-state index contributed by atoms with van der Waals surface area (Å²) in [5, 5.41) is 2.90. The van der Waals surface area contributed by atoms with Crippen molar-refractivity contribution in [3.8, 4) is 0 Å². The van der Waals surface area contributed by atoms with Crippen molar-refractivity contribution in [2.45, 2.75) is 12.2 Å². The molecule has 1 aromatic heterocycles. The average molecular weight is 275 g/mol. The van der Waals surface area contributed by atoms with Crippen LogP contribution >= 0.6 is 11.8 Å². The van der Waals surface area contributed by atoms with Crippen LogP contribution in [0.25, 0.3) is 0 Å². The molecule has 2 rings (SSSR count). The SMILES string of the molecule is O=C(CSCc1ccccc1)NCCc1cnc[nH]1. The maximum atomic E-state index is 11.6. The van der Waals surface area contributed by atoms with Gasteiger partial charge in [0.25, 0.3) is 0 Å². The molecule has 0 atom stereocenters. The first-order chi connectivity index (χ1) is 9.34. The number of nitrogens with zero attached hydrogens (tertiary/aromatic N) is 1. The Kier molecular flexibility index (Phi) is 5.49. The standard InChI is InChI=1S/C14H17N3OS/c18-14(16-7-6-13-8-15-11-17-13)10-19-9-12-4-2-1-3-5-12/h1-5,8,11H,6-7,9-10H2,(H,15,17)(H,16,18). The van der Waals surface area contributed by atoms with Gasteiger partial charge in [0.15, 0.2) is 0 Å². The van der Waals surface area contributed by atoms with E-state index in [9.17, 15) is 4.79 Å². The number of rotatable bonds is 7. The summed E-state index contributed by atoms with van der Waals surface area (Å²) >= 11 is 1.63. The van der Waals surface area contributed by atoms with Gasteiger partial charge in [0, 0.05) is 30.6 Å². The van der Waals surface area contributed by atoms with Gasteiger partial charge in [0.1, 0.15) is 0 Å². The second-order valence-electron chi connectivity index (χ2n) is 4.16. The Morgan fingerprint density at radius 1 is 1.32 bits per heavy atom. The zero-order valence-corrected chi connectivity index (χ0v) is 11.5. The van der Waals surface area contributed by atoms with E-state index in [0.29, 0.717) is 12.3 Å². The Hall–Kier alpha value is -1.75. The third-order valence-electron chi connectivity index (χ3n) is 2.62. The largest absolute Gasteiger partial charge is 0.355 e. The third-order valence-corrected chi connectivity index (χ3v) is 3.62. The van der Waals surface area contributed by atoms with E-state index in [-0.39, 0.29) is 5.91 Å². The van der Waals surface area contributed by atoms with Gasteiger partial charge in [-0.1, -0.05) is 30.3 Å². The summed E-state index contributed by atoms with van der Waals surface area (Å²) in [5.41, 5.74) is 2.29.